The zero-order valence-electron chi connectivity index (χ0n) is 16.4. The topological polar surface area (TPSA) is 106 Å². The van der Waals surface area contributed by atoms with Gasteiger partial charge in [-0.15, -0.1) is 11.3 Å². The highest BCUT2D eigenvalue weighted by Crippen LogP contribution is 2.28. The molecule has 0 aromatic carbocycles. The number of furan rings is 1. The first kappa shape index (κ1) is 19.4. The van der Waals surface area contributed by atoms with Crippen LogP contribution in [-0.4, -0.2) is 33.3 Å². The van der Waals surface area contributed by atoms with Crippen molar-refractivity contribution in [2.24, 2.45) is 5.92 Å². The molecule has 152 valence electrons. The molecule has 29 heavy (non-hydrogen) atoms. The SMILES string of the molecule is Cc1sc2nc([C@H](C)OC(=O)[C@H]3CC(=O)N(Cc4ccco4)C3)[nH]c(=O)c2c1C. The van der Waals surface area contributed by atoms with Gasteiger partial charge in [-0.2, -0.15) is 0 Å². The first-order valence-corrected chi connectivity index (χ1v) is 10.2. The van der Waals surface area contributed by atoms with Gasteiger partial charge in [-0.25, -0.2) is 4.98 Å². The molecule has 0 bridgehead atoms. The largest absolute Gasteiger partial charge is 0.467 e. The molecule has 0 saturated carbocycles. The van der Waals surface area contributed by atoms with Crippen molar-refractivity contribution in [1.82, 2.24) is 14.9 Å². The van der Waals surface area contributed by atoms with Gasteiger partial charge >= 0.3 is 5.97 Å². The molecule has 1 saturated heterocycles. The van der Waals surface area contributed by atoms with Crippen molar-refractivity contribution in [2.75, 3.05) is 6.54 Å². The number of carbonyl (C=O) groups excluding carboxylic acids is 2. The Bertz CT molecular complexity index is 1130. The van der Waals surface area contributed by atoms with Crippen LogP contribution in [0.1, 0.15) is 41.5 Å². The fourth-order valence-corrected chi connectivity index (χ4v) is 4.50. The normalized spacial score (nSPS) is 17.8. The van der Waals surface area contributed by atoms with E-state index in [4.69, 9.17) is 9.15 Å². The number of hydrogen-bond acceptors (Lipinski definition) is 7. The maximum absolute atomic E-state index is 12.6. The maximum Gasteiger partial charge on any atom is 0.311 e. The summed E-state index contributed by atoms with van der Waals surface area (Å²) in [6.45, 7) is 6.09. The van der Waals surface area contributed by atoms with Crippen LogP contribution in [0.4, 0.5) is 0 Å². The maximum atomic E-state index is 12.6. The molecular formula is C20H21N3O5S. The Morgan fingerprint density at radius 1 is 1.45 bits per heavy atom. The number of esters is 1. The van der Waals surface area contributed by atoms with Crippen LogP contribution in [0.3, 0.4) is 0 Å². The number of aromatic nitrogens is 2. The van der Waals surface area contributed by atoms with Crippen molar-refractivity contribution >= 4 is 33.4 Å². The lowest BCUT2D eigenvalue weighted by Crippen LogP contribution is -2.27. The number of carbonyl (C=O) groups is 2. The van der Waals surface area contributed by atoms with Gasteiger partial charge in [0, 0.05) is 17.8 Å². The lowest BCUT2D eigenvalue weighted by atomic mass is 10.1. The number of hydrogen-bond donors (Lipinski definition) is 1. The first-order valence-electron chi connectivity index (χ1n) is 9.34. The van der Waals surface area contributed by atoms with Crippen molar-refractivity contribution in [1.29, 1.82) is 0 Å². The minimum atomic E-state index is -0.725. The fraction of sp³-hybridized carbons (Fsp3) is 0.400. The van der Waals surface area contributed by atoms with Crippen LogP contribution in [-0.2, 0) is 20.9 Å². The van der Waals surface area contributed by atoms with Crippen LogP contribution < -0.4 is 5.56 Å². The van der Waals surface area contributed by atoms with Crippen LogP contribution >= 0.6 is 11.3 Å². The smallest absolute Gasteiger partial charge is 0.311 e. The summed E-state index contributed by atoms with van der Waals surface area (Å²) in [5.74, 6) is -0.185. The van der Waals surface area contributed by atoms with Gasteiger partial charge in [0.15, 0.2) is 11.9 Å². The molecule has 3 aromatic heterocycles. The van der Waals surface area contributed by atoms with E-state index in [1.165, 1.54) is 11.3 Å². The number of aryl methyl sites for hydroxylation is 2. The minimum absolute atomic E-state index is 0.0958. The number of fused-ring (bicyclic) bond motifs is 1. The number of likely N-dealkylation sites (tertiary alicyclic amines) is 1. The number of thiophene rings is 1. The minimum Gasteiger partial charge on any atom is -0.467 e. The van der Waals surface area contributed by atoms with Gasteiger partial charge in [-0.3, -0.25) is 14.4 Å². The van der Waals surface area contributed by atoms with Crippen molar-refractivity contribution < 1.29 is 18.7 Å². The number of H-pyrrole nitrogens is 1. The highest BCUT2D eigenvalue weighted by Gasteiger charge is 2.36. The summed E-state index contributed by atoms with van der Waals surface area (Å²) >= 11 is 1.44. The highest BCUT2D eigenvalue weighted by molar-refractivity contribution is 7.18. The first-order chi connectivity index (χ1) is 13.8. The molecule has 1 aliphatic heterocycles. The molecule has 4 heterocycles. The Labute approximate surface area is 170 Å². The van der Waals surface area contributed by atoms with Gasteiger partial charge in [0.25, 0.3) is 5.56 Å². The third kappa shape index (κ3) is 3.69. The third-order valence-corrected chi connectivity index (χ3v) is 6.31. The predicted molar refractivity (Wildman–Crippen MR) is 106 cm³/mol. The van der Waals surface area contributed by atoms with Crippen molar-refractivity contribution in [3.8, 4) is 0 Å². The Kier molecular flexibility index (Phi) is 4.99. The molecule has 1 amide bonds. The van der Waals surface area contributed by atoms with Gasteiger partial charge in [0.2, 0.25) is 5.91 Å². The second kappa shape index (κ2) is 7.47. The Balaban J connectivity index is 1.45. The van der Waals surface area contributed by atoms with E-state index >= 15 is 0 Å². The third-order valence-electron chi connectivity index (χ3n) is 5.21. The van der Waals surface area contributed by atoms with Gasteiger partial charge in [-0.05, 0) is 38.5 Å². The number of amides is 1. The average Bonchev–Trinajstić information content (AvgIpc) is 3.37. The second-order valence-corrected chi connectivity index (χ2v) is 8.45. The van der Waals surface area contributed by atoms with E-state index in [0.717, 1.165) is 10.4 Å². The summed E-state index contributed by atoms with van der Waals surface area (Å²) in [4.78, 5) is 47.7. The van der Waals surface area contributed by atoms with E-state index in [9.17, 15) is 14.4 Å². The molecule has 0 spiro atoms. The number of rotatable bonds is 5. The molecule has 1 N–H and O–H groups in total. The fourth-order valence-electron chi connectivity index (χ4n) is 3.46. The summed E-state index contributed by atoms with van der Waals surface area (Å²) in [7, 11) is 0. The lowest BCUT2D eigenvalue weighted by molar-refractivity contribution is -0.153. The molecule has 0 radical (unpaired) electrons. The number of nitrogens with one attached hydrogen (secondary N) is 1. The average molecular weight is 415 g/mol. The van der Waals surface area contributed by atoms with Crippen LogP contribution in [0.25, 0.3) is 10.2 Å². The molecule has 0 aliphatic carbocycles. The summed E-state index contributed by atoms with van der Waals surface area (Å²) in [5.41, 5.74) is 0.673. The standard InChI is InChI=1S/C20H21N3O5S/c1-10-12(3)29-19-16(10)18(25)21-17(22-19)11(2)28-20(26)13-7-15(24)23(8-13)9-14-5-4-6-27-14/h4-6,11,13H,7-9H2,1-3H3,(H,21,22,25)/t11-,13-/m0/s1. The van der Waals surface area contributed by atoms with E-state index in [1.807, 2.05) is 13.8 Å². The molecule has 1 fully saturated rings. The Morgan fingerprint density at radius 3 is 2.97 bits per heavy atom. The van der Waals surface area contributed by atoms with E-state index in [-0.39, 0.29) is 24.4 Å². The van der Waals surface area contributed by atoms with Gasteiger partial charge in [0.05, 0.1) is 24.1 Å². The molecular weight excluding hydrogens is 394 g/mol. The number of nitrogens with zero attached hydrogens (tertiary/aromatic N) is 2. The van der Waals surface area contributed by atoms with Crippen molar-refractivity contribution in [2.45, 2.75) is 39.8 Å². The number of aromatic amines is 1. The second-order valence-electron chi connectivity index (χ2n) is 7.25. The quantitative estimate of drug-likeness (QED) is 0.643. The van der Waals surface area contributed by atoms with E-state index in [2.05, 4.69) is 9.97 Å². The van der Waals surface area contributed by atoms with Crippen molar-refractivity contribution in [3.05, 3.63) is 50.8 Å². The van der Waals surface area contributed by atoms with Crippen LogP contribution in [0.15, 0.2) is 27.6 Å². The number of ether oxygens (including phenoxy) is 1. The molecule has 4 rings (SSSR count). The van der Waals surface area contributed by atoms with Gasteiger partial charge in [0.1, 0.15) is 10.6 Å². The highest BCUT2D eigenvalue weighted by atomic mass is 32.1. The molecule has 9 heteroatoms. The molecule has 8 nitrogen and oxygen atoms in total. The zero-order chi connectivity index (χ0) is 20.7. The molecule has 0 unspecified atom stereocenters. The Morgan fingerprint density at radius 2 is 2.24 bits per heavy atom. The Hall–Kier alpha value is -2.94. The van der Waals surface area contributed by atoms with Gasteiger partial charge < -0.3 is 19.0 Å². The lowest BCUT2D eigenvalue weighted by Gasteiger charge is -2.17. The monoisotopic (exact) mass is 415 g/mol. The molecule has 2 atom stereocenters. The molecule has 1 aliphatic rings. The molecule has 3 aromatic rings. The summed E-state index contributed by atoms with van der Waals surface area (Å²) in [6, 6.07) is 3.54. The van der Waals surface area contributed by atoms with E-state index < -0.39 is 18.0 Å². The van der Waals surface area contributed by atoms with Crippen LogP contribution in [0, 0.1) is 19.8 Å². The summed E-state index contributed by atoms with van der Waals surface area (Å²) < 4.78 is 10.8. The predicted octanol–water partition coefficient (Wildman–Crippen LogP) is 2.85. The summed E-state index contributed by atoms with van der Waals surface area (Å²) in [5, 5.41) is 0.574. The summed E-state index contributed by atoms with van der Waals surface area (Å²) in [6.07, 6.45) is 0.916. The van der Waals surface area contributed by atoms with Crippen molar-refractivity contribution in [3.63, 3.8) is 0 Å². The van der Waals surface area contributed by atoms with Crippen LogP contribution in [0.5, 0.6) is 0 Å². The van der Waals surface area contributed by atoms with E-state index in [1.54, 1.807) is 30.2 Å². The van der Waals surface area contributed by atoms with E-state index in [0.29, 0.717) is 28.3 Å². The van der Waals surface area contributed by atoms with Gasteiger partial charge in [-0.1, -0.05) is 0 Å². The zero-order valence-corrected chi connectivity index (χ0v) is 17.2. The van der Waals surface area contributed by atoms with Crippen LogP contribution in [0.2, 0.25) is 0 Å².